The van der Waals surface area contributed by atoms with Gasteiger partial charge in [-0.05, 0) is 36.2 Å². The normalized spacial score (nSPS) is 14.5. The number of aromatic amines is 1. The molecule has 0 saturated carbocycles. The van der Waals surface area contributed by atoms with Crippen LogP contribution in [0.4, 0.5) is 0 Å². The molecule has 4 aromatic rings. The average Bonchev–Trinajstić information content (AvgIpc) is 3.30. The number of morpholine rings is 1. The Morgan fingerprint density at radius 3 is 2.61 bits per heavy atom. The van der Waals surface area contributed by atoms with Crippen LogP contribution < -0.4 is 5.56 Å². The van der Waals surface area contributed by atoms with E-state index in [1.54, 1.807) is 27.8 Å². The summed E-state index contributed by atoms with van der Waals surface area (Å²) in [7, 11) is 0. The lowest BCUT2D eigenvalue weighted by molar-refractivity contribution is 0.0303. The number of pyridine rings is 1. The standard InChI is InChI=1S/C23H21ClN4O3/c1-2-28-20-12-15(4-6-17(20)21-18(23(28)30)13-25-26-21)14-3-5-16(19(24)11-14)22(29)27-7-9-31-10-8-27/h3-6,11-13H,2,7-10H2,1H3,(H,25,26). The second-order valence-electron chi connectivity index (χ2n) is 7.54. The van der Waals surface area contributed by atoms with Crippen molar-refractivity contribution in [1.29, 1.82) is 0 Å². The summed E-state index contributed by atoms with van der Waals surface area (Å²) in [4.78, 5) is 27.4. The Hall–Kier alpha value is -3.16. The van der Waals surface area contributed by atoms with Crippen molar-refractivity contribution < 1.29 is 9.53 Å². The minimum Gasteiger partial charge on any atom is -0.378 e. The molecule has 5 rings (SSSR count). The smallest absolute Gasteiger partial charge is 0.262 e. The summed E-state index contributed by atoms with van der Waals surface area (Å²) >= 11 is 6.51. The van der Waals surface area contributed by atoms with E-state index in [1.807, 2.05) is 31.2 Å². The fraction of sp³-hybridized carbons (Fsp3) is 0.261. The topological polar surface area (TPSA) is 80.2 Å². The van der Waals surface area contributed by atoms with Gasteiger partial charge in [0.05, 0.1) is 46.4 Å². The van der Waals surface area contributed by atoms with Crippen LogP contribution in [0, 0.1) is 0 Å². The molecule has 2 aromatic heterocycles. The van der Waals surface area contributed by atoms with Crippen molar-refractivity contribution in [2.75, 3.05) is 26.3 Å². The molecule has 1 aliphatic rings. The van der Waals surface area contributed by atoms with Gasteiger partial charge in [0.1, 0.15) is 0 Å². The zero-order chi connectivity index (χ0) is 21.5. The van der Waals surface area contributed by atoms with Gasteiger partial charge in [0.15, 0.2) is 0 Å². The number of benzene rings is 2. The molecule has 0 spiro atoms. The van der Waals surface area contributed by atoms with Crippen LogP contribution in [0.1, 0.15) is 17.3 Å². The van der Waals surface area contributed by atoms with Crippen LogP contribution in [-0.2, 0) is 11.3 Å². The fourth-order valence-corrected chi connectivity index (χ4v) is 4.43. The highest BCUT2D eigenvalue weighted by molar-refractivity contribution is 6.34. The van der Waals surface area contributed by atoms with Gasteiger partial charge in [-0.15, -0.1) is 0 Å². The first-order chi connectivity index (χ1) is 15.1. The Kier molecular flexibility index (Phi) is 5.00. The van der Waals surface area contributed by atoms with Crippen molar-refractivity contribution in [2.24, 2.45) is 0 Å². The van der Waals surface area contributed by atoms with Crippen LogP contribution in [0.2, 0.25) is 5.02 Å². The third-order valence-electron chi connectivity index (χ3n) is 5.82. The molecule has 1 amide bonds. The molecule has 0 unspecified atom stereocenters. The van der Waals surface area contributed by atoms with Crippen molar-refractivity contribution in [1.82, 2.24) is 19.7 Å². The highest BCUT2D eigenvalue weighted by Crippen LogP contribution is 2.30. The number of hydrogen-bond acceptors (Lipinski definition) is 4. The quantitative estimate of drug-likeness (QED) is 0.531. The van der Waals surface area contributed by atoms with Gasteiger partial charge in [-0.2, -0.15) is 5.10 Å². The number of nitrogens with zero attached hydrogens (tertiary/aromatic N) is 3. The molecule has 158 valence electrons. The first-order valence-corrected chi connectivity index (χ1v) is 10.6. The van der Waals surface area contributed by atoms with Crippen molar-refractivity contribution in [3.8, 4) is 11.1 Å². The van der Waals surface area contributed by atoms with Crippen LogP contribution in [0.25, 0.3) is 32.9 Å². The molecule has 2 aromatic carbocycles. The number of H-pyrrole nitrogens is 1. The lowest BCUT2D eigenvalue weighted by Crippen LogP contribution is -2.40. The Labute approximate surface area is 183 Å². The molecule has 3 heterocycles. The van der Waals surface area contributed by atoms with Gasteiger partial charge in [-0.1, -0.05) is 29.8 Å². The van der Waals surface area contributed by atoms with Crippen LogP contribution in [0.3, 0.4) is 0 Å². The molecule has 0 atom stereocenters. The molecule has 8 heteroatoms. The highest BCUT2D eigenvalue weighted by atomic mass is 35.5. The minimum atomic E-state index is -0.0835. The summed E-state index contributed by atoms with van der Waals surface area (Å²) in [5.74, 6) is -0.0835. The number of carbonyl (C=O) groups is 1. The number of fused-ring (bicyclic) bond motifs is 3. The second kappa shape index (κ2) is 7.83. The number of ether oxygens (including phenoxy) is 1. The maximum absolute atomic E-state index is 12.8. The lowest BCUT2D eigenvalue weighted by Gasteiger charge is -2.27. The van der Waals surface area contributed by atoms with Crippen LogP contribution in [0.15, 0.2) is 47.4 Å². The van der Waals surface area contributed by atoms with E-state index in [2.05, 4.69) is 10.2 Å². The molecule has 7 nitrogen and oxygen atoms in total. The molecule has 31 heavy (non-hydrogen) atoms. The summed E-state index contributed by atoms with van der Waals surface area (Å²) in [6.07, 6.45) is 1.57. The lowest BCUT2D eigenvalue weighted by atomic mass is 10.0. The third kappa shape index (κ3) is 3.30. The zero-order valence-electron chi connectivity index (χ0n) is 17.0. The predicted molar refractivity (Wildman–Crippen MR) is 121 cm³/mol. The van der Waals surface area contributed by atoms with Crippen molar-refractivity contribution >= 4 is 39.3 Å². The SMILES string of the molecule is CCn1c(=O)c2cn[nH]c2c2ccc(-c3ccc(C(=O)N4CCOCC4)c(Cl)c3)cc21. The van der Waals surface area contributed by atoms with E-state index in [4.69, 9.17) is 16.3 Å². The first-order valence-electron chi connectivity index (χ1n) is 10.2. The zero-order valence-corrected chi connectivity index (χ0v) is 17.8. The van der Waals surface area contributed by atoms with E-state index in [0.717, 1.165) is 27.5 Å². The maximum Gasteiger partial charge on any atom is 0.262 e. The average molecular weight is 437 g/mol. The fourth-order valence-electron chi connectivity index (χ4n) is 4.17. The molecule has 1 saturated heterocycles. The van der Waals surface area contributed by atoms with E-state index < -0.39 is 0 Å². The van der Waals surface area contributed by atoms with Gasteiger partial charge >= 0.3 is 0 Å². The number of nitrogens with one attached hydrogen (secondary N) is 1. The number of amides is 1. The summed E-state index contributed by atoms with van der Waals surface area (Å²) in [6, 6.07) is 11.4. The number of aryl methyl sites for hydroxylation is 1. The molecular weight excluding hydrogens is 416 g/mol. The third-order valence-corrected chi connectivity index (χ3v) is 6.13. The summed E-state index contributed by atoms with van der Waals surface area (Å²) < 4.78 is 7.06. The predicted octanol–water partition coefficient (Wildman–Crippen LogP) is 3.69. The van der Waals surface area contributed by atoms with Crippen molar-refractivity contribution in [2.45, 2.75) is 13.5 Å². The number of carbonyl (C=O) groups excluding carboxylic acids is 1. The van der Waals surface area contributed by atoms with E-state index in [0.29, 0.717) is 48.8 Å². The van der Waals surface area contributed by atoms with E-state index in [-0.39, 0.29) is 11.5 Å². The van der Waals surface area contributed by atoms with Gasteiger partial charge in [-0.3, -0.25) is 14.7 Å². The van der Waals surface area contributed by atoms with Gasteiger partial charge < -0.3 is 14.2 Å². The molecule has 1 aliphatic heterocycles. The van der Waals surface area contributed by atoms with Gasteiger partial charge in [0.25, 0.3) is 11.5 Å². The molecule has 0 bridgehead atoms. The van der Waals surface area contributed by atoms with Crippen LogP contribution in [-0.4, -0.2) is 51.9 Å². The summed E-state index contributed by atoms with van der Waals surface area (Å²) in [6.45, 7) is 4.72. The monoisotopic (exact) mass is 436 g/mol. The number of halogens is 1. The number of aromatic nitrogens is 3. The first kappa shape index (κ1) is 19.8. The van der Waals surface area contributed by atoms with Crippen LogP contribution in [0.5, 0.6) is 0 Å². The van der Waals surface area contributed by atoms with Gasteiger partial charge in [0, 0.05) is 25.0 Å². The molecule has 1 N–H and O–H groups in total. The second-order valence-corrected chi connectivity index (χ2v) is 7.95. The molecule has 1 fully saturated rings. The Bertz CT molecular complexity index is 1370. The number of rotatable bonds is 3. The van der Waals surface area contributed by atoms with Gasteiger partial charge in [-0.25, -0.2) is 0 Å². The largest absolute Gasteiger partial charge is 0.378 e. The van der Waals surface area contributed by atoms with Crippen LogP contribution >= 0.6 is 11.6 Å². The van der Waals surface area contributed by atoms with E-state index in [1.165, 1.54) is 0 Å². The molecule has 0 aliphatic carbocycles. The molecular formula is C23H21ClN4O3. The Morgan fingerprint density at radius 2 is 1.87 bits per heavy atom. The highest BCUT2D eigenvalue weighted by Gasteiger charge is 2.21. The Morgan fingerprint density at radius 1 is 1.13 bits per heavy atom. The van der Waals surface area contributed by atoms with Gasteiger partial charge in [0.2, 0.25) is 0 Å². The minimum absolute atomic E-state index is 0.0691. The summed E-state index contributed by atoms with van der Waals surface area (Å²) in [5, 5.41) is 8.90. The van der Waals surface area contributed by atoms with E-state index >= 15 is 0 Å². The maximum atomic E-state index is 12.8. The number of hydrogen-bond donors (Lipinski definition) is 1. The Balaban J connectivity index is 1.58. The molecule has 0 radical (unpaired) electrons. The van der Waals surface area contributed by atoms with E-state index in [9.17, 15) is 9.59 Å². The van der Waals surface area contributed by atoms with Crippen molar-refractivity contribution in [3.63, 3.8) is 0 Å². The summed E-state index contributed by atoms with van der Waals surface area (Å²) in [5.41, 5.74) is 3.77. The van der Waals surface area contributed by atoms with Crippen molar-refractivity contribution in [3.05, 3.63) is 63.5 Å².